The van der Waals surface area contributed by atoms with Crippen LogP contribution in [0.1, 0.15) is 49.8 Å². The fraction of sp³-hybridized carbons (Fsp3) is 0.412. The van der Waals surface area contributed by atoms with Crippen LogP contribution in [0, 0.1) is 6.92 Å². The first-order valence-electron chi connectivity index (χ1n) is 15.1. The molecule has 0 saturated carbocycles. The second kappa shape index (κ2) is 15.1. The van der Waals surface area contributed by atoms with Gasteiger partial charge in [0.05, 0.1) is 11.9 Å². The first-order chi connectivity index (χ1) is 21.1. The van der Waals surface area contributed by atoms with Crippen LogP contribution in [-0.2, 0) is 32.6 Å². The van der Waals surface area contributed by atoms with Crippen molar-refractivity contribution in [2.45, 2.75) is 65.1 Å². The summed E-state index contributed by atoms with van der Waals surface area (Å²) in [6.45, 7) is 7.10. The molecule has 44 heavy (non-hydrogen) atoms. The van der Waals surface area contributed by atoms with E-state index in [9.17, 15) is 18.0 Å². The Balaban J connectivity index is 1.59. The molecule has 0 radical (unpaired) electrons. The predicted molar refractivity (Wildman–Crippen MR) is 172 cm³/mol. The van der Waals surface area contributed by atoms with Crippen LogP contribution in [0.25, 0.3) is 0 Å². The lowest BCUT2D eigenvalue weighted by atomic mass is 10.0. The SMILES string of the molecule is CC[C@H](C)NC(=O)[C@H](Cc1ccccc1)N(Cc1ccccc1C)C(=O)CCCN(c1ccc2c(c1)OCCO2)S(C)(=O)=O. The Morgan fingerprint density at radius 1 is 0.955 bits per heavy atom. The van der Waals surface area contributed by atoms with Gasteiger partial charge in [0.15, 0.2) is 11.5 Å². The van der Waals surface area contributed by atoms with Crippen molar-refractivity contribution in [3.05, 3.63) is 89.5 Å². The minimum absolute atomic E-state index is 0.0505. The van der Waals surface area contributed by atoms with Gasteiger partial charge in [0.25, 0.3) is 0 Å². The van der Waals surface area contributed by atoms with Gasteiger partial charge in [0.1, 0.15) is 19.3 Å². The molecule has 1 aliphatic rings. The van der Waals surface area contributed by atoms with E-state index in [1.807, 2.05) is 75.4 Å². The summed E-state index contributed by atoms with van der Waals surface area (Å²) >= 11 is 0. The monoisotopic (exact) mass is 621 g/mol. The third-order valence-corrected chi connectivity index (χ3v) is 9.03. The maximum absolute atomic E-state index is 14.1. The summed E-state index contributed by atoms with van der Waals surface area (Å²) in [4.78, 5) is 29.4. The average molecular weight is 622 g/mol. The standard InChI is InChI=1S/C34H43N3O6S/c1-5-26(3)35-34(39)30(22-27-13-7-6-8-14-27)36(24-28-15-10-9-12-25(28)2)33(38)16-11-19-37(44(4,40)41)29-17-18-31-32(23-29)43-21-20-42-31/h6-10,12-15,17-18,23,26,30H,5,11,16,19-22,24H2,1-4H3,(H,35,39)/t26-,30-/m0/s1. The van der Waals surface area contributed by atoms with Gasteiger partial charge < -0.3 is 19.7 Å². The lowest BCUT2D eigenvalue weighted by Crippen LogP contribution is -2.52. The molecule has 2 amide bonds. The third-order valence-electron chi connectivity index (χ3n) is 7.84. The van der Waals surface area contributed by atoms with E-state index < -0.39 is 16.1 Å². The molecule has 2 atom stereocenters. The molecule has 0 bridgehead atoms. The molecule has 0 saturated heterocycles. The van der Waals surface area contributed by atoms with Gasteiger partial charge in [-0.2, -0.15) is 0 Å². The fourth-order valence-corrected chi connectivity index (χ4v) is 6.11. The third kappa shape index (κ3) is 8.75. The zero-order valence-electron chi connectivity index (χ0n) is 26.0. The van der Waals surface area contributed by atoms with Crippen LogP contribution in [0.15, 0.2) is 72.8 Å². The predicted octanol–water partition coefficient (Wildman–Crippen LogP) is 4.87. The van der Waals surface area contributed by atoms with Crippen molar-refractivity contribution in [1.29, 1.82) is 0 Å². The Hall–Kier alpha value is -4.05. The van der Waals surface area contributed by atoms with Crippen molar-refractivity contribution in [1.82, 2.24) is 10.2 Å². The van der Waals surface area contributed by atoms with Gasteiger partial charge in [0, 0.05) is 38.0 Å². The molecule has 3 aromatic rings. The van der Waals surface area contributed by atoms with Crippen molar-refractivity contribution in [2.24, 2.45) is 0 Å². The summed E-state index contributed by atoms with van der Waals surface area (Å²) in [6.07, 6.45) is 2.58. The number of anilines is 1. The number of fused-ring (bicyclic) bond motifs is 1. The van der Waals surface area contributed by atoms with E-state index in [0.29, 0.717) is 36.8 Å². The molecule has 1 heterocycles. The number of rotatable bonds is 14. The van der Waals surface area contributed by atoms with E-state index in [0.717, 1.165) is 29.4 Å². The lowest BCUT2D eigenvalue weighted by molar-refractivity contribution is -0.141. The Morgan fingerprint density at radius 2 is 1.64 bits per heavy atom. The van der Waals surface area contributed by atoms with E-state index in [-0.39, 0.29) is 43.8 Å². The highest BCUT2D eigenvalue weighted by atomic mass is 32.2. The number of aryl methyl sites for hydroxylation is 1. The number of amides is 2. The van der Waals surface area contributed by atoms with Crippen molar-refractivity contribution >= 4 is 27.5 Å². The van der Waals surface area contributed by atoms with Crippen LogP contribution in [0.5, 0.6) is 11.5 Å². The smallest absolute Gasteiger partial charge is 0.243 e. The zero-order valence-corrected chi connectivity index (χ0v) is 26.8. The number of sulfonamides is 1. The number of hydrogen-bond donors (Lipinski definition) is 1. The summed E-state index contributed by atoms with van der Waals surface area (Å²) in [6, 6.07) is 21.7. The second-order valence-corrected chi connectivity index (χ2v) is 13.1. The van der Waals surface area contributed by atoms with E-state index in [1.54, 1.807) is 23.1 Å². The van der Waals surface area contributed by atoms with Gasteiger partial charge in [-0.25, -0.2) is 8.42 Å². The molecule has 0 fully saturated rings. The van der Waals surface area contributed by atoms with E-state index in [2.05, 4.69) is 5.32 Å². The highest BCUT2D eigenvalue weighted by Gasteiger charge is 2.31. The molecular weight excluding hydrogens is 578 g/mol. The summed E-state index contributed by atoms with van der Waals surface area (Å²) in [7, 11) is -3.66. The molecule has 0 aromatic heterocycles. The van der Waals surface area contributed by atoms with Crippen molar-refractivity contribution in [3.63, 3.8) is 0 Å². The summed E-state index contributed by atoms with van der Waals surface area (Å²) in [5, 5.41) is 3.08. The van der Waals surface area contributed by atoms with E-state index in [4.69, 9.17) is 9.47 Å². The first kappa shape index (κ1) is 32.9. The van der Waals surface area contributed by atoms with Gasteiger partial charge >= 0.3 is 0 Å². The quantitative estimate of drug-likeness (QED) is 0.276. The van der Waals surface area contributed by atoms with Crippen LogP contribution in [0.4, 0.5) is 5.69 Å². The second-order valence-electron chi connectivity index (χ2n) is 11.2. The Kier molecular flexibility index (Phi) is 11.3. The van der Waals surface area contributed by atoms with Crippen LogP contribution < -0.4 is 19.1 Å². The summed E-state index contributed by atoms with van der Waals surface area (Å²) in [5.74, 6) is 0.623. The minimum atomic E-state index is -3.66. The highest BCUT2D eigenvalue weighted by Crippen LogP contribution is 2.35. The molecular formula is C34H43N3O6S. The lowest BCUT2D eigenvalue weighted by Gasteiger charge is -2.33. The molecule has 9 nitrogen and oxygen atoms in total. The maximum Gasteiger partial charge on any atom is 0.243 e. The van der Waals surface area contributed by atoms with Crippen LogP contribution >= 0.6 is 0 Å². The van der Waals surface area contributed by atoms with Gasteiger partial charge in [-0.15, -0.1) is 0 Å². The maximum atomic E-state index is 14.1. The number of ether oxygens (including phenoxy) is 2. The summed E-state index contributed by atoms with van der Waals surface area (Å²) < 4.78 is 38.2. The van der Waals surface area contributed by atoms with E-state index in [1.165, 1.54) is 4.31 Å². The number of hydrogen-bond acceptors (Lipinski definition) is 6. The molecule has 236 valence electrons. The topological polar surface area (TPSA) is 105 Å². The number of benzene rings is 3. The van der Waals surface area contributed by atoms with Crippen molar-refractivity contribution in [2.75, 3.05) is 30.3 Å². The number of nitrogens with zero attached hydrogens (tertiary/aromatic N) is 2. The van der Waals surface area contributed by atoms with Crippen molar-refractivity contribution in [3.8, 4) is 11.5 Å². The largest absolute Gasteiger partial charge is 0.486 e. The molecule has 10 heteroatoms. The van der Waals surface area contributed by atoms with Gasteiger partial charge in [-0.05, 0) is 55.5 Å². The van der Waals surface area contributed by atoms with Gasteiger partial charge in [0.2, 0.25) is 21.8 Å². The first-order valence-corrected chi connectivity index (χ1v) is 17.0. The van der Waals surface area contributed by atoms with E-state index >= 15 is 0 Å². The summed E-state index contributed by atoms with van der Waals surface area (Å²) in [5.41, 5.74) is 3.36. The normalized spacial score (nSPS) is 13.9. The zero-order chi connectivity index (χ0) is 31.7. The highest BCUT2D eigenvalue weighted by molar-refractivity contribution is 7.92. The fourth-order valence-electron chi connectivity index (χ4n) is 5.16. The average Bonchev–Trinajstić information content (AvgIpc) is 3.01. The number of nitrogens with one attached hydrogen (secondary N) is 1. The minimum Gasteiger partial charge on any atom is -0.486 e. The molecule has 0 aliphatic carbocycles. The number of carbonyl (C=O) groups excluding carboxylic acids is 2. The van der Waals surface area contributed by atoms with Crippen LogP contribution in [-0.4, -0.2) is 63.2 Å². The molecule has 3 aromatic carbocycles. The number of carbonyl (C=O) groups is 2. The van der Waals surface area contributed by atoms with Gasteiger partial charge in [-0.1, -0.05) is 61.5 Å². The van der Waals surface area contributed by atoms with Crippen LogP contribution in [0.3, 0.4) is 0 Å². The molecule has 1 aliphatic heterocycles. The molecule has 0 unspecified atom stereocenters. The molecule has 1 N–H and O–H groups in total. The Labute approximate surface area is 261 Å². The van der Waals surface area contributed by atoms with Gasteiger partial charge in [-0.3, -0.25) is 13.9 Å². The van der Waals surface area contributed by atoms with Crippen LogP contribution in [0.2, 0.25) is 0 Å². The Morgan fingerprint density at radius 3 is 2.32 bits per heavy atom. The Bertz CT molecular complexity index is 1530. The van der Waals surface area contributed by atoms with Crippen molar-refractivity contribution < 1.29 is 27.5 Å². The molecule has 0 spiro atoms. The molecule has 4 rings (SSSR count).